The van der Waals surface area contributed by atoms with Gasteiger partial charge in [-0.2, -0.15) is 10.1 Å². The van der Waals surface area contributed by atoms with Crippen LogP contribution in [0.25, 0.3) is 0 Å². The Labute approximate surface area is 213 Å². The van der Waals surface area contributed by atoms with Crippen molar-refractivity contribution >= 4 is 23.6 Å². The number of carbonyl (C=O) groups is 2. The van der Waals surface area contributed by atoms with Crippen molar-refractivity contribution in [2.24, 2.45) is 0 Å². The van der Waals surface area contributed by atoms with Crippen LogP contribution in [0.15, 0.2) is 90.5 Å². The zero-order valence-corrected chi connectivity index (χ0v) is 20.2. The molecule has 1 atom stereocenters. The van der Waals surface area contributed by atoms with Gasteiger partial charge >= 0.3 is 5.97 Å². The van der Waals surface area contributed by atoms with E-state index >= 15 is 0 Å². The Morgan fingerprint density at radius 1 is 1.03 bits per heavy atom. The summed E-state index contributed by atoms with van der Waals surface area (Å²) in [7, 11) is 0. The molecule has 2 N–H and O–H groups in total. The molecule has 0 spiro atoms. The molecule has 1 aliphatic rings. The van der Waals surface area contributed by atoms with Crippen molar-refractivity contribution in [1.29, 1.82) is 0 Å². The van der Waals surface area contributed by atoms with E-state index in [1.54, 1.807) is 78.5 Å². The van der Waals surface area contributed by atoms with Gasteiger partial charge in [-0.3, -0.25) is 4.79 Å². The van der Waals surface area contributed by atoms with Crippen LogP contribution in [-0.2, 0) is 4.79 Å². The average Bonchev–Trinajstić information content (AvgIpc) is 3.38. The lowest BCUT2D eigenvalue weighted by molar-refractivity contribution is -0.113. The Balaban J connectivity index is 1.52. The molecule has 0 saturated carbocycles. The molecule has 1 amide bonds. The molecule has 0 aliphatic carbocycles. The Bertz CT molecular complexity index is 1470. The summed E-state index contributed by atoms with van der Waals surface area (Å²) in [6.07, 6.45) is 3.02. The van der Waals surface area contributed by atoms with Gasteiger partial charge in [0.05, 0.1) is 17.7 Å². The predicted octanol–water partition coefficient (Wildman–Crippen LogP) is 4.22. The molecular weight excluding hydrogens is 472 g/mol. The topological polar surface area (TPSA) is 120 Å². The van der Waals surface area contributed by atoms with Gasteiger partial charge < -0.3 is 20.1 Å². The van der Waals surface area contributed by atoms with Crippen molar-refractivity contribution in [2.75, 3.05) is 17.2 Å². The molecule has 186 valence electrons. The largest absolute Gasteiger partial charge is 0.490 e. The number of aromatic nitrogens is 4. The smallest absolute Gasteiger partial charge is 0.343 e. The molecule has 0 fully saturated rings. The molecule has 10 nitrogen and oxygen atoms in total. The number of carbonyl (C=O) groups excluding carboxylic acids is 2. The van der Waals surface area contributed by atoms with Crippen LogP contribution < -0.4 is 20.1 Å². The van der Waals surface area contributed by atoms with Gasteiger partial charge in [-0.25, -0.2) is 14.5 Å². The van der Waals surface area contributed by atoms with E-state index < -0.39 is 12.0 Å². The van der Waals surface area contributed by atoms with E-state index in [1.807, 2.05) is 13.0 Å². The van der Waals surface area contributed by atoms with Crippen LogP contribution in [0, 0.1) is 0 Å². The lowest BCUT2D eigenvalue weighted by Crippen LogP contribution is -2.31. The van der Waals surface area contributed by atoms with Gasteiger partial charge in [0.25, 0.3) is 5.91 Å². The molecule has 0 saturated heterocycles. The number of nitrogens with one attached hydrogen (secondary N) is 2. The molecule has 5 rings (SSSR count). The SMILES string of the molecule is CCOc1cc(C2C(C(=O)Nc3ccccn3)=C(C)Nc3ncnn32)ccc1OC(=O)c1ccccc1. The molecule has 0 radical (unpaired) electrons. The first-order chi connectivity index (χ1) is 18.0. The highest BCUT2D eigenvalue weighted by atomic mass is 16.6. The van der Waals surface area contributed by atoms with E-state index in [9.17, 15) is 9.59 Å². The first-order valence-electron chi connectivity index (χ1n) is 11.7. The summed E-state index contributed by atoms with van der Waals surface area (Å²) in [5.41, 5.74) is 2.17. The zero-order chi connectivity index (χ0) is 25.8. The van der Waals surface area contributed by atoms with Gasteiger partial charge in [-0.05, 0) is 55.8 Å². The summed E-state index contributed by atoms with van der Waals surface area (Å²) in [6, 6.07) is 18.5. The number of anilines is 2. The Morgan fingerprint density at radius 3 is 2.59 bits per heavy atom. The van der Waals surface area contributed by atoms with Crippen molar-refractivity contribution in [1.82, 2.24) is 19.7 Å². The highest BCUT2D eigenvalue weighted by Crippen LogP contribution is 2.39. The molecule has 2 aromatic heterocycles. The summed E-state index contributed by atoms with van der Waals surface area (Å²) in [5.74, 6) is 0.718. The monoisotopic (exact) mass is 496 g/mol. The quantitative estimate of drug-likeness (QED) is 0.288. The predicted molar refractivity (Wildman–Crippen MR) is 136 cm³/mol. The minimum Gasteiger partial charge on any atom is -0.490 e. The summed E-state index contributed by atoms with van der Waals surface area (Å²) in [6.45, 7) is 3.99. The third-order valence-electron chi connectivity index (χ3n) is 5.74. The minimum absolute atomic E-state index is 0.271. The fraction of sp³-hybridized carbons (Fsp3) is 0.148. The van der Waals surface area contributed by atoms with Gasteiger partial charge in [0.15, 0.2) is 11.5 Å². The molecule has 0 bridgehead atoms. The van der Waals surface area contributed by atoms with E-state index in [1.165, 1.54) is 6.33 Å². The van der Waals surface area contributed by atoms with Crippen molar-refractivity contribution in [3.63, 3.8) is 0 Å². The van der Waals surface area contributed by atoms with Gasteiger partial charge in [-0.15, -0.1) is 0 Å². The number of ether oxygens (including phenoxy) is 2. The summed E-state index contributed by atoms with van der Waals surface area (Å²) in [4.78, 5) is 34.6. The Hall–Kier alpha value is -4.99. The number of amides is 1. The Morgan fingerprint density at radius 2 is 1.84 bits per heavy atom. The molecule has 2 aromatic carbocycles. The van der Waals surface area contributed by atoms with Gasteiger partial charge in [0.1, 0.15) is 18.2 Å². The number of nitrogens with zero attached hydrogens (tertiary/aromatic N) is 4. The minimum atomic E-state index is -0.624. The van der Waals surface area contributed by atoms with Crippen LogP contribution in [-0.4, -0.2) is 38.2 Å². The summed E-state index contributed by atoms with van der Waals surface area (Å²) in [5, 5.41) is 10.4. The molecule has 4 aromatic rings. The first kappa shape index (κ1) is 23.7. The second kappa shape index (κ2) is 10.3. The van der Waals surface area contributed by atoms with Crippen LogP contribution in [0.2, 0.25) is 0 Å². The maximum Gasteiger partial charge on any atom is 0.343 e. The number of hydrogen-bond acceptors (Lipinski definition) is 8. The van der Waals surface area contributed by atoms with Crippen molar-refractivity contribution in [3.8, 4) is 11.5 Å². The molecule has 10 heteroatoms. The normalized spacial score (nSPS) is 14.4. The number of hydrogen-bond donors (Lipinski definition) is 2. The summed E-state index contributed by atoms with van der Waals surface area (Å²) >= 11 is 0. The van der Waals surface area contributed by atoms with Crippen LogP contribution in [0.1, 0.15) is 35.8 Å². The third-order valence-corrected chi connectivity index (χ3v) is 5.74. The first-order valence-corrected chi connectivity index (χ1v) is 11.7. The van der Waals surface area contributed by atoms with E-state index in [4.69, 9.17) is 9.47 Å². The maximum atomic E-state index is 13.5. The van der Waals surface area contributed by atoms with E-state index in [0.29, 0.717) is 46.5 Å². The van der Waals surface area contributed by atoms with Gasteiger partial charge in [0.2, 0.25) is 5.95 Å². The lowest BCUT2D eigenvalue weighted by Gasteiger charge is -2.29. The summed E-state index contributed by atoms with van der Waals surface area (Å²) < 4.78 is 13.1. The molecule has 1 aliphatic heterocycles. The van der Waals surface area contributed by atoms with Gasteiger partial charge in [0, 0.05) is 11.9 Å². The van der Waals surface area contributed by atoms with E-state index in [2.05, 4.69) is 25.7 Å². The van der Waals surface area contributed by atoms with Crippen LogP contribution in [0.5, 0.6) is 11.5 Å². The molecular formula is C27H24N6O4. The van der Waals surface area contributed by atoms with E-state index in [0.717, 1.165) is 0 Å². The van der Waals surface area contributed by atoms with Crippen molar-refractivity contribution < 1.29 is 19.1 Å². The molecule has 37 heavy (non-hydrogen) atoms. The maximum absolute atomic E-state index is 13.5. The third kappa shape index (κ3) is 4.90. The lowest BCUT2D eigenvalue weighted by atomic mass is 9.94. The second-order valence-corrected chi connectivity index (χ2v) is 8.16. The molecule has 1 unspecified atom stereocenters. The fourth-order valence-corrected chi connectivity index (χ4v) is 4.09. The van der Waals surface area contributed by atoms with Crippen LogP contribution in [0.4, 0.5) is 11.8 Å². The number of rotatable bonds is 7. The highest BCUT2D eigenvalue weighted by Gasteiger charge is 2.34. The number of allylic oxidation sites excluding steroid dienone is 1. The van der Waals surface area contributed by atoms with Crippen molar-refractivity contribution in [2.45, 2.75) is 19.9 Å². The number of fused-ring (bicyclic) bond motifs is 1. The fourth-order valence-electron chi connectivity index (χ4n) is 4.09. The number of pyridine rings is 1. The highest BCUT2D eigenvalue weighted by molar-refractivity contribution is 6.05. The van der Waals surface area contributed by atoms with Crippen LogP contribution in [0.3, 0.4) is 0 Å². The standard InChI is InChI=1S/C27H24N6O4/c1-3-36-21-15-19(12-13-20(21)37-26(35)18-9-5-4-6-10-18)24-23(17(2)31-27-29-16-30-33(24)27)25(34)32-22-11-7-8-14-28-22/h4-16,24H,3H2,1-2H3,(H,28,32,34)(H,29,30,31). The van der Waals surface area contributed by atoms with E-state index in [-0.39, 0.29) is 11.7 Å². The second-order valence-electron chi connectivity index (χ2n) is 8.16. The van der Waals surface area contributed by atoms with Crippen molar-refractivity contribution in [3.05, 3.63) is 102 Å². The number of benzene rings is 2. The Kier molecular flexibility index (Phi) is 6.62. The van der Waals surface area contributed by atoms with Gasteiger partial charge in [-0.1, -0.05) is 30.3 Å². The average molecular weight is 497 g/mol. The number of esters is 1. The van der Waals surface area contributed by atoms with Crippen LogP contribution >= 0.6 is 0 Å². The molecule has 3 heterocycles. The zero-order valence-electron chi connectivity index (χ0n) is 20.2.